The molecule has 0 spiro atoms. The molecule has 14 heavy (non-hydrogen) atoms. The van der Waals surface area contributed by atoms with Crippen LogP contribution >= 0.6 is 11.8 Å². The second-order valence-corrected chi connectivity index (χ2v) is 4.21. The second kappa shape index (κ2) is 4.02. The second-order valence-electron chi connectivity index (χ2n) is 3.18. The van der Waals surface area contributed by atoms with Crippen LogP contribution in [0, 0.1) is 0 Å². The van der Waals surface area contributed by atoms with E-state index in [0.29, 0.717) is 5.75 Å². The maximum absolute atomic E-state index is 11.2. The molecule has 1 atom stereocenters. The Morgan fingerprint density at radius 2 is 2.07 bits per heavy atom. The molecular formula is C10H11NO2S. The van der Waals surface area contributed by atoms with Gasteiger partial charge in [-0.05, 0) is 5.56 Å². The molecule has 1 unspecified atom stereocenters. The number of rotatable bonds is 1. The minimum Gasteiger partial charge on any atom is -0.285 e. The highest BCUT2D eigenvalue weighted by atomic mass is 32.2. The van der Waals surface area contributed by atoms with E-state index in [1.54, 1.807) is 11.8 Å². The van der Waals surface area contributed by atoms with Crippen LogP contribution in [0.1, 0.15) is 11.6 Å². The molecule has 1 amide bonds. The van der Waals surface area contributed by atoms with Crippen molar-refractivity contribution in [1.82, 2.24) is 5.06 Å². The summed E-state index contributed by atoms with van der Waals surface area (Å²) in [6, 6.07) is 9.39. The molecule has 0 aromatic heterocycles. The van der Waals surface area contributed by atoms with Gasteiger partial charge in [-0.2, -0.15) is 0 Å². The van der Waals surface area contributed by atoms with E-state index in [1.165, 1.54) is 0 Å². The number of hydrogen-bond acceptors (Lipinski definition) is 3. The predicted molar refractivity (Wildman–Crippen MR) is 55.1 cm³/mol. The minimum atomic E-state index is -0.213. The number of nitrogens with zero attached hydrogens (tertiary/aromatic N) is 1. The fourth-order valence-electron chi connectivity index (χ4n) is 1.48. The number of carbonyl (C=O) groups is 1. The summed E-state index contributed by atoms with van der Waals surface area (Å²) in [5.41, 5.74) is 0.982. The van der Waals surface area contributed by atoms with E-state index in [-0.39, 0.29) is 11.9 Å². The quantitative estimate of drug-likeness (QED) is 0.715. The molecule has 0 aliphatic carbocycles. The first-order valence-corrected chi connectivity index (χ1v) is 5.58. The third kappa shape index (κ3) is 1.76. The number of thioether (sulfide) groups is 1. The Bertz CT molecular complexity index is 328. The summed E-state index contributed by atoms with van der Waals surface area (Å²) >= 11 is 1.56. The Hall–Kier alpha value is -1.00. The van der Waals surface area contributed by atoms with Crippen molar-refractivity contribution in [2.75, 3.05) is 11.5 Å². The zero-order chi connectivity index (χ0) is 9.97. The molecule has 74 valence electrons. The lowest BCUT2D eigenvalue weighted by atomic mass is 10.1. The molecular weight excluding hydrogens is 198 g/mol. The SMILES string of the molecule is O=C1CSCC(c2ccccc2)N1O. The van der Waals surface area contributed by atoms with Gasteiger partial charge in [0.15, 0.2) is 0 Å². The van der Waals surface area contributed by atoms with E-state index in [0.717, 1.165) is 16.4 Å². The van der Waals surface area contributed by atoms with Gasteiger partial charge in [-0.3, -0.25) is 10.0 Å². The average Bonchev–Trinajstić information content (AvgIpc) is 2.23. The van der Waals surface area contributed by atoms with Gasteiger partial charge < -0.3 is 0 Å². The number of benzene rings is 1. The number of carbonyl (C=O) groups excluding carboxylic acids is 1. The van der Waals surface area contributed by atoms with E-state index in [2.05, 4.69) is 0 Å². The zero-order valence-electron chi connectivity index (χ0n) is 7.59. The van der Waals surface area contributed by atoms with Crippen LogP contribution in [-0.4, -0.2) is 27.7 Å². The molecule has 1 aromatic carbocycles. The molecule has 0 radical (unpaired) electrons. The lowest BCUT2D eigenvalue weighted by Gasteiger charge is -2.29. The van der Waals surface area contributed by atoms with E-state index < -0.39 is 0 Å². The number of hydrogen-bond donors (Lipinski definition) is 1. The van der Waals surface area contributed by atoms with Gasteiger partial charge in [-0.15, -0.1) is 11.8 Å². The van der Waals surface area contributed by atoms with Gasteiger partial charge in [-0.25, -0.2) is 5.06 Å². The van der Waals surface area contributed by atoms with Crippen molar-refractivity contribution < 1.29 is 10.0 Å². The molecule has 2 rings (SSSR count). The molecule has 3 nitrogen and oxygen atoms in total. The van der Waals surface area contributed by atoms with E-state index in [9.17, 15) is 10.0 Å². The van der Waals surface area contributed by atoms with Crippen LogP contribution in [0.2, 0.25) is 0 Å². The van der Waals surface area contributed by atoms with Crippen molar-refractivity contribution in [3.8, 4) is 0 Å². The fraction of sp³-hybridized carbons (Fsp3) is 0.300. The van der Waals surface area contributed by atoms with Crippen molar-refractivity contribution in [1.29, 1.82) is 0 Å². The van der Waals surface area contributed by atoms with Crippen molar-refractivity contribution in [2.24, 2.45) is 0 Å². The Labute approximate surface area is 86.7 Å². The predicted octanol–water partition coefficient (Wildman–Crippen LogP) is 1.69. The van der Waals surface area contributed by atoms with Gasteiger partial charge in [0.25, 0.3) is 5.91 Å². The minimum absolute atomic E-state index is 0.192. The molecule has 1 heterocycles. The maximum atomic E-state index is 11.2. The molecule has 0 bridgehead atoms. The molecule has 0 saturated carbocycles. The molecule has 1 fully saturated rings. The first kappa shape index (κ1) is 9.55. The van der Waals surface area contributed by atoms with Crippen LogP contribution in [0.15, 0.2) is 30.3 Å². The summed E-state index contributed by atoms with van der Waals surface area (Å²) in [5, 5.41) is 10.4. The van der Waals surface area contributed by atoms with Crippen molar-refractivity contribution >= 4 is 17.7 Å². The Balaban J connectivity index is 2.22. The van der Waals surface area contributed by atoms with Crippen LogP contribution in [0.3, 0.4) is 0 Å². The van der Waals surface area contributed by atoms with E-state index in [1.807, 2.05) is 30.3 Å². The molecule has 1 N–H and O–H groups in total. The smallest absolute Gasteiger partial charge is 0.256 e. The lowest BCUT2D eigenvalue weighted by Crippen LogP contribution is -2.38. The topological polar surface area (TPSA) is 40.5 Å². The summed E-state index contributed by atoms with van der Waals surface area (Å²) in [6.07, 6.45) is 0. The molecule has 1 saturated heterocycles. The van der Waals surface area contributed by atoms with E-state index >= 15 is 0 Å². The van der Waals surface area contributed by atoms with Gasteiger partial charge in [0.05, 0.1) is 11.8 Å². The van der Waals surface area contributed by atoms with Crippen molar-refractivity contribution in [2.45, 2.75) is 6.04 Å². The van der Waals surface area contributed by atoms with Gasteiger partial charge >= 0.3 is 0 Å². The molecule has 1 aliphatic rings. The van der Waals surface area contributed by atoms with Crippen molar-refractivity contribution in [3.05, 3.63) is 35.9 Å². The van der Waals surface area contributed by atoms with Gasteiger partial charge in [0, 0.05) is 5.75 Å². The summed E-state index contributed by atoms with van der Waals surface area (Å²) in [5.74, 6) is 0.918. The Morgan fingerprint density at radius 3 is 2.79 bits per heavy atom. The average molecular weight is 209 g/mol. The molecule has 1 aromatic rings. The monoisotopic (exact) mass is 209 g/mol. The van der Waals surface area contributed by atoms with Crippen LogP contribution in [0.25, 0.3) is 0 Å². The third-order valence-corrected chi connectivity index (χ3v) is 3.24. The summed E-state index contributed by atoms with van der Waals surface area (Å²) in [6.45, 7) is 0. The lowest BCUT2D eigenvalue weighted by molar-refractivity contribution is -0.172. The fourth-order valence-corrected chi connectivity index (χ4v) is 2.46. The normalized spacial score (nSPS) is 22.5. The van der Waals surface area contributed by atoms with Gasteiger partial charge in [0.1, 0.15) is 0 Å². The first-order valence-electron chi connectivity index (χ1n) is 4.42. The first-order chi connectivity index (χ1) is 6.79. The standard InChI is InChI=1S/C10H11NO2S/c12-10-7-14-6-9(11(10)13)8-4-2-1-3-5-8/h1-5,9,13H,6-7H2. The summed E-state index contributed by atoms with van der Waals surface area (Å²) < 4.78 is 0. The van der Waals surface area contributed by atoms with Crippen LogP contribution in [0.4, 0.5) is 0 Å². The Kier molecular flexibility index (Phi) is 2.74. The van der Waals surface area contributed by atoms with Crippen molar-refractivity contribution in [3.63, 3.8) is 0 Å². The zero-order valence-corrected chi connectivity index (χ0v) is 8.41. The molecule has 1 aliphatic heterocycles. The Morgan fingerprint density at radius 1 is 1.36 bits per heavy atom. The summed E-state index contributed by atoms with van der Waals surface area (Å²) in [7, 11) is 0. The summed E-state index contributed by atoms with van der Waals surface area (Å²) in [4.78, 5) is 11.2. The highest BCUT2D eigenvalue weighted by Crippen LogP contribution is 2.28. The molecule has 4 heteroatoms. The van der Waals surface area contributed by atoms with Crippen LogP contribution < -0.4 is 0 Å². The van der Waals surface area contributed by atoms with E-state index in [4.69, 9.17) is 0 Å². The van der Waals surface area contributed by atoms with Crippen LogP contribution in [0.5, 0.6) is 0 Å². The third-order valence-electron chi connectivity index (χ3n) is 2.24. The highest BCUT2D eigenvalue weighted by Gasteiger charge is 2.28. The number of hydroxylamine groups is 2. The van der Waals surface area contributed by atoms with Gasteiger partial charge in [0.2, 0.25) is 0 Å². The highest BCUT2D eigenvalue weighted by molar-refractivity contribution is 8.00. The van der Waals surface area contributed by atoms with Crippen LogP contribution in [-0.2, 0) is 4.79 Å². The number of amides is 1. The van der Waals surface area contributed by atoms with Gasteiger partial charge in [-0.1, -0.05) is 30.3 Å². The largest absolute Gasteiger partial charge is 0.285 e. The maximum Gasteiger partial charge on any atom is 0.256 e.